The minimum atomic E-state index is -3.49. The van der Waals surface area contributed by atoms with E-state index in [9.17, 15) is 23.3 Å². The zero-order chi connectivity index (χ0) is 19.1. The molecule has 2 heterocycles. The molecule has 11 heteroatoms. The first-order valence-electron chi connectivity index (χ1n) is 7.98. The molecular weight excluding hydrogens is 380 g/mol. The van der Waals surface area contributed by atoms with Gasteiger partial charge in [-0.3, -0.25) is 14.9 Å². The van der Waals surface area contributed by atoms with E-state index in [-0.39, 0.29) is 5.69 Å². The second-order valence-electron chi connectivity index (χ2n) is 6.19. The number of sulfonamides is 1. The molecule has 1 aliphatic rings. The summed E-state index contributed by atoms with van der Waals surface area (Å²) in [5.74, 6) is -0.508. The van der Waals surface area contributed by atoms with Crippen LogP contribution in [-0.2, 0) is 21.9 Å². The lowest BCUT2D eigenvalue weighted by Crippen LogP contribution is -2.47. The Bertz CT molecular complexity index is 1050. The van der Waals surface area contributed by atoms with Crippen LogP contribution < -0.4 is 4.80 Å². The SMILES string of the molecule is Cn1c(=NC(=O)C2CCCCN2S(C)(=O)=O)sc2cc([N+](=O)[O-])ccc21. The van der Waals surface area contributed by atoms with E-state index in [4.69, 9.17) is 0 Å². The lowest BCUT2D eigenvalue weighted by Gasteiger charge is -2.31. The molecule has 1 aliphatic heterocycles. The Morgan fingerprint density at radius 2 is 2.12 bits per heavy atom. The minimum Gasteiger partial charge on any atom is -0.319 e. The van der Waals surface area contributed by atoms with Crippen LogP contribution >= 0.6 is 11.3 Å². The maximum Gasteiger partial charge on any atom is 0.270 e. The molecule has 2 aromatic rings. The number of nitro benzene ring substituents is 1. The molecule has 1 fully saturated rings. The fraction of sp³-hybridized carbons (Fsp3) is 0.467. The Labute approximate surface area is 153 Å². The quantitative estimate of drug-likeness (QED) is 0.572. The zero-order valence-corrected chi connectivity index (χ0v) is 15.9. The van der Waals surface area contributed by atoms with Gasteiger partial charge in [0, 0.05) is 25.7 Å². The second kappa shape index (κ2) is 6.89. The fourth-order valence-electron chi connectivity index (χ4n) is 3.06. The Hall–Kier alpha value is -2.11. The fourth-order valence-corrected chi connectivity index (χ4v) is 5.24. The number of piperidine rings is 1. The van der Waals surface area contributed by atoms with E-state index in [1.807, 2.05) is 0 Å². The molecule has 0 radical (unpaired) electrons. The highest BCUT2D eigenvalue weighted by Crippen LogP contribution is 2.23. The molecule has 26 heavy (non-hydrogen) atoms. The summed E-state index contributed by atoms with van der Waals surface area (Å²) in [7, 11) is -1.77. The van der Waals surface area contributed by atoms with E-state index in [1.54, 1.807) is 17.7 Å². The van der Waals surface area contributed by atoms with Crippen LogP contribution in [-0.4, -0.2) is 47.0 Å². The molecule has 0 aliphatic carbocycles. The first kappa shape index (κ1) is 18.7. The molecule has 1 aromatic heterocycles. The van der Waals surface area contributed by atoms with Crippen LogP contribution in [0.2, 0.25) is 0 Å². The topological polar surface area (TPSA) is 115 Å². The van der Waals surface area contributed by atoms with Crippen molar-refractivity contribution in [2.45, 2.75) is 25.3 Å². The Kier molecular flexibility index (Phi) is 4.95. The van der Waals surface area contributed by atoms with Crippen molar-refractivity contribution in [3.63, 3.8) is 0 Å². The van der Waals surface area contributed by atoms with Crippen molar-refractivity contribution >= 4 is 43.2 Å². The number of nitro groups is 1. The van der Waals surface area contributed by atoms with E-state index in [0.717, 1.165) is 36.0 Å². The van der Waals surface area contributed by atoms with Gasteiger partial charge in [-0.1, -0.05) is 17.8 Å². The predicted molar refractivity (Wildman–Crippen MR) is 97.2 cm³/mol. The molecule has 0 N–H and O–H groups in total. The van der Waals surface area contributed by atoms with Crippen LogP contribution in [0, 0.1) is 10.1 Å². The number of carbonyl (C=O) groups excluding carboxylic acids is 1. The first-order valence-corrected chi connectivity index (χ1v) is 10.6. The Balaban J connectivity index is 2.02. The summed E-state index contributed by atoms with van der Waals surface area (Å²) in [5, 5.41) is 10.9. The summed E-state index contributed by atoms with van der Waals surface area (Å²) in [6.07, 6.45) is 3.02. The normalized spacial score (nSPS) is 19.8. The molecule has 1 amide bonds. The number of nitrogens with zero attached hydrogens (tertiary/aromatic N) is 4. The maximum absolute atomic E-state index is 12.6. The number of amides is 1. The highest BCUT2D eigenvalue weighted by atomic mass is 32.2. The smallest absolute Gasteiger partial charge is 0.270 e. The number of aromatic nitrogens is 1. The summed E-state index contributed by atoms with van der Waals surface area (Å²) >= 11 is 1.16. The standard InChI is InChI=1S/C15H18N4O5S2/c1-17-11-7-6-10(19(21)22)9-13(11)25-15(17)16-14(20)12-5-3-4-8-18(12)26(2,23)24/h6-7,9,12H,3-5,8H2,1-2H3. The van der Waals surface area contributed by atoms with Crippen molar-refractivity contribution in [2.75, 3.05) is 12.8 Å². The molecule has 1 aromatic carbocycles. The first-order chi connectivity index (χ1) is 12.2. The number of thiazole rings is 1. The molecule has 0 saturated carbocycles. The number of carbonyl (C=O) groups is 1. The van der Waals surface area contributed by atoms with Crippen LogP contribution in [0.5, 0.6) is 0 Å². The third-order valence-corrected chi connectivity index (χ3v) is 6.76. The van der Waals surface area contributed by atoms with Gasteiger partial charge in [0.05, 0.1) is 21.4 Å². The summed E-state index contributed by atoms with van der Waals surface area (Å²) in [6.45, 7) is 0.315. The van der Waals surface area contributed by atoms with E-state index in [0.29, 0.717) is 22.5 Å². The van der Waals surface area contributed by atoms with Gasteiger partial charge >= 0.3 is 0 Å². The predicted octanol–water partition coefficient (Wildman–Crippen LogP) is 1.39. The second-order valence-corrected chi connectivity index (χ2v) is 9.13. The monoisotopic (exact) mass is 398 g/mol. The molecular formula is C15H18N4O5S2. The number of aryl methyl sites for hydroxylation is 1. The maximum atomic E-state index is 12.6. The van der Waals surface area contributed by atoms with Crippen LogP contribution in [0.3, 0.4) is 0 Å². The van der Waals surface area contributed by atoms with Gasteiger partial charge in [0.25, 0.3) is 11.6 Å². The van der Waals surface area contributed by atoms with E-state index < -0.39 is 26.9 Å². The van der Waals surface area contributed by atoms with Gasteiger partial charge in [-0.05, 0) is 18.9 Å². The molecule has 0 bridgehead atoms. The molecule has 1 atom stereocenters. The number of non-ortho nitro benzene ring substituents is 1. The van der Waals surface area contributed by atoms with Crippen molar-refractivity contribution in [1.29, 1.82) is 0 Å². The summed E-state index contributed by atoms with van der Waals surface area (Å²) < 4.78 is 27.4. The van der Waals surface area contributed by atoms with E-state index in [2.05, 4.69) is 4.99 Å². The molecule has 140 valence electrons. The Morgan fingerprint density at radius 1 is 1.38 bits per heavy atom. The molecule has 1 saturated heterocycles. The van der Waals surface area contributed by atoms with Crippen molar-refractivity contribution < 1.29 is 18.1 Å². The van der Waals surface area contributed by atoms with Crippen LogP contribution in [0.15, 0.2) is 23.2 Å². The van der Waals surface area contributed by atoms with Crippen LogP contribution in [0.25, 0.3) is 10.2 Å². The van der Waals surface area contributed by atoms with Gasteiger partial charge in [0.1, 0.15) is 6.04 Å². The minimum absolute atomic E-state index is 0.0345. The highest BCUT2D eigenvalue weighted by molar-refractivity contribution is 7.88. The third-order valence-electron chi connectivity index (χ3n) is 4.37. The zero-order valence-electron chi connectivity index (χ0n) is 14.3. The third kappa shape index (κ3) is 3.55. The van der Waals surface area contributed by atoms with Gasteiger partial charge in [0.2, 0.25) is 10.0 Å². The van der Waals surface area contributed by atoms with Crippen molar-refractivity contribution in [3.8, 4) is 0 Å². The van der Waals surface area contributed by atoms with Gasteiger partial charge in [-0.2, -0.15) is 9.30 Å². The lowest BCUT2D eigenvalue weighted by atomic mass is 10.0. The average molecular weight is 398 g/mol. The van der Waals surface area contributed by atoms with E-state index >= 15 is 0 Å². The van der Waals surface area contributed by atoms with Crippen molar-refractivity contribution in [1.82, 2.24) is 8.87 Å². The van der Waals surface area contributed by atoms with Crippen molar-refractivity contribution in [2.24, 2.45) is 12.0 Å². The van der Waals surface area contributed by atoms with Crippen LogP contribution in [0.1, 0.15) is 19.3 Å². The Morgan fingerprint density at radius 3 is 2.77 bits per heavy atom. The van der Waals surface area contributed by atoms with Crippen LogP contribution in [0.4, 0.5) is 5.69 Å². The number of hydrogen-bond acceptors (Lipinski definition) is 6. The van der Waals surface area contributed by atoms with E-state index in [1.165, 1.54) is 16.4 Å². The highest BCUT2D eigenvalue weighted by Gasteiger charge is 2.34. The van der Waals surface area contributed by atoms with Gasteiger partial charge in [-0.25, -0.2) is 8.42 Å². The van der Waals surface area contributed by atoms with Crippen molar-refractivity contribution in [3.05, 3.63) is 33.1 Å². The lowest BCUT2D eigenvalue weighted by molar-refractivity contribution is -0.384. The average Bonchev–Trinajstić information content (AvgIpc) is 2.89. The molecule has 0 spiro atoms. The largest absolute Gasteiger partial charge is 0.319 e. The molecule has 3 rings (SSSR count). The molecule has 9 nitrogen and oxygen atoms in total. The number of hydrogen-bond donors (Lipinski definition) is 0. The number of rotatable bonds is 3. The summed E-state index contributed by atoms with van der Waals surface area (Å²) in [5.41, 5.74) is 0.684. The molecule has 1 unspecified atom stereocenters. The number of fused-ring (bicyclic) bond motifs is 1. The number of benzene rings is 1. The summed E-state index contributed by atoms with van der Waals surface area (Å²) in [4.78, 5) is 27.6. The van der Waals surface area contributed by atoms with Gasteiger partial charge < -0.3 is 4.57 Å². The van der Waals surface area contributed by atoms with Gasteiger partial charge in [-0.15, -0.1) is 0 Å². The van der Waals surface area contributed by atoms with Gasteiger partial charge in [0.15, 0.2) is 4.80 Å². The summed E-state index contributed by atoms with van der Waals surface area (Å²) in [6, 6.07) is 3.65.